The van der Waals surface area contributed by atoms with E-state index in [9.17, 15) is 9.90 Å². The normalized spacial score (nSPS) is 9.86. The molecule has 0 heterocycles. The molecular formula is C11H19O3. The van der Waals surface area contributed by atoms with E-state index < -0.39 is 0 Å². The van der Waals surface area contributed by atoms with Gasteiger partial charge in [-0.1, -0.05) is 25.8 Å². The van der Waals surface area contributed by atoms with Crippen molar-refractivity contribution >= 4 is 5.97 Å². The first-order valence-electron chi connectivity index (χ1n) is 5.09. The second kappa shape index (κ2) is 8.75. The van der Waals surface area contributed by atoms with Gasteiger partial charge in [0.1, 0.15) is 0 Å². The van der Waals surface area contributed by atoms with E-state index in [2.05, 4.69) is 6.58 Å². The Hall–Kier alpha value is -0.830. The van der Waals surface area contributed by atoms with Gasteiger partial charge in [0.25, 0.3) is 0 Å². The van der Waals surface area contributed by atoms with E-state index in [0.717, 1.165) is 32.1 Å². The van der Waals surface area contributed by atoms with Gasteiger partial charge in [0, 0.05) is 5.57 Å². The summed E-state index contributed by atoms with van der Waals surface area (Å²) in [5, 5.41) is 10.1. The topological polar surface area (TPSA) is 46.2 Å². The van der Waals surface area contributed by atoms with Crippen LogP contribution in [-0.2, 0) is 14.6 Å². The number of esters is 1. The number of hydrogen-bond donors (Lipinski definition) is 0. The SMILES string of the molecule is C=C(C)C(=O)OCCCCCCC[O]. The smallest absolute Gasteiger partial charge is 0.333 e. The third-order valence-corrected chi connectivity index (χ3v) is 1.87. The molecule has 0 aliphatic rings. The van der Waals surface area contributed by atoms with Gasteiger partial charge in [0.15, 0.2) is 0 Å². The molecule has 0 bridgehead atoms. The molecule has 0 aromatic carbocycles. The number of unbranched alkanes of at least 4 members (excludes halogenated alkanes) is 4. The second-order valence-corrected chi connectivity index (χ2v) is 3.39. The predicted molar refractivity (Wildman–Crippen MR) is 54.4 cm³/mol. The second-order valence-electron chi connectivity index (χ2n) is 3.39. The van der Waals surface area contributed by atoms with Crippen molar-refractivity contribution in [2.24, 2.45) is 0 Å². The lowest BCUT2D eigenvalue weighted by molar-refractivity contribution is -0.139. The van der Waals surface area contributed by atoms with Crippen LogP contribution in [0.1, 0.15) is 39.0 Å². The van der Waals surface area contributed by atoms with E-state index in [4.69, 9.17) is 4.74 Å². The van der Waals surface area contributed by atoms with Crippen LogP contribution in [0.25, 0.3) is 0 Å². The highest BCUT2D eigenvalue weighted by molar-refractivity contribution is 5.86. The zero-order valence-electron chi connectivity index (χ0n) is 8.88. The van der Waals surface area contributed by atoms with Crippen LogP contribution >= 0.6 is 0 Å². The van der Waals surface area contributed by atoms with Crippen LogP contribution in [0.2, 0.25) is 0 Å². The minimum absolute atomic E-state index is 0.0185. The molecule has 3 nitrogen and oxygen atoms in total. The van der Waals surface area contributed by atoms with E-state index in [1.807, 2.05) is 0 Å². The molecule has 0 fully saturated rings. The van der Waals surface area contributed by atoms with Crippen molar-refractivity contribution in [1.82, 2.24) is 0 Å². The van der Waals surface area contributed by atoms with Gasteiger partial charge < -0.3 is 4.74 Å². The third kappa shape index (κ3) is 7.80. The molecule has 1 radical (unpaired) electrons. The summed E-state index contributed by atoms with van der Waals surface area (Å²) < 4.78 is 4.91. The van der Waals surface area contributed by atoms with Gasteiger partial charge in [-0.05, 0) is 19.8 Å². The van der Waals surface area contributed by atoms with Gasteiger partial charge in [-0.25, -0.2) is 9.90 Å². The maximum atomic E-state index is 10.9. The van der Waals surface area contributed by atoms with Gasteiger partial charge in [-0.3, -0.25) is 0 Å². The fraction of sp³-hybridized carbons (Fsp3) is 0.727. The molecular weight excluding hydrogens is 180 g/mol. The fourth-order valence-electron chi connectivity index (χ4n) is 1.02. The van der Waals surface area contributed by atoms with E-state index in [1.54, 1.807) is 6.92 Å². The van der Waals surface area contributed by atoms with Crippen LogP contribution in [0.3, 0.4) is 0 Å². The molecule has 0 amide bonds. The third-order valence-electron chi connectivity index (χ3n) is 1.87. The molecule has 14 heavy (non-hydrogen) atoms. The number of carbonyl (C=O) groups is 1. The number of rotatable bonds is 8. The van der Waals surface area contributed by atoms with Crippen LogP contribution in [-0.4, -0.2) is 19.2 Å². The van der Waals surface area contributed by atoms with Crippen molar-refractivity contribution in [2.45, 2.75) is 39.0 Å². The molecule has 3 heteroatoms. The Morgan fingerprint density at radius 2 is 1.71 bits per heavy atom. The molecule has 81 valence electrons. The summed E-state index contributed by atoms with van der Waals surface area (Å²) in [5.74, 6) is -0.315. The molecule has 0 aromatic rings. The van der Waals surface area contributed by atoms with Crippen LogP contribution in [0.4, 0.5) is 0 Å². The van der Waals surface area contributed by atoms with Gasteiger partial charge >= 0.3 is 5.97 Å². The predicted octanol–water partition coefficient (Wildman–Crippen LogP) is 2.49. The van der Waals surface area contributed by atoms with Gasteiger partial charge in [-0.2, -0.15) is 0 Å². The van der Waals surface area contributed by atoms with E-state index in [0.29, 0.717) is 12.2 Å². The monoisotopic (exact) mass is 199 g/mol. The highest BCUT2D eigenvalue weighted by Crippen LogP contribution is 2.03. The molecule has 0 atom stereocenters. The van der Waals surface area contributed by atoms with Crippen LogP contribution < -0.4 is 0 Å². The minimum Gasteiger partial charge on any atom is -0.462 e. The molecule has 0 aliphatic carbocycles. The van der Waals surface area contributed by atoms with Gasteiger partial charge in [0.2, 0.25) is 0 Å². The van der Waals surface area contributed by atoms with E-state index in [-0.39, 0.29) is 12.6 Å². The van der Waals surface area contributed by atoms with Crippen molar-refractivity contribution in [1.29, 1.82) is 0 Å². The highest BCUT2D eigenvalue weighted by atomic mass is 16.5. The van der Waals surface area contributed by atoms with Crippen LogP contribution in [0.15, 0.2) is 12.2 Å². The number of ether oxygens (including phenoxy) is 1. The molecule has 0 N–H and O–H groups in total. The summed E-state index contributed by atoms with van der Waals surface area (Å²) in [5.41, 5.74) is 0.441. The molecule has 0 rings (SSSR count). The summed E-state index contributed by atoms with van der Waals surface area (Å²) in [4.78, 5) is 10.9. The first-order chi connectivity index (χ1) is 6.68. The molecule has 0 aliphatic heterocycles. The quantitative estimate of drug-likeness (QED) is 0.342. The van der Waals surface area contributed by atoms with Gasteiger partial charge in [0.05, 0.1) is 13.2 Å². The average Bonchev–Trinajstić information content (AvgIpc) is 2.16. The Morgan fingerprint density at radius 3 is 2.29 bits per heavy atom. The fourth-order valence-corrected chi connectivity index (χ4v) is 1.02. The maximum absolute atomic E-state index is 10.9. The maximum Gasteiger partial charge on any atom is 0.333 e. The zero-order chi connectivity index (χ0) is 10.8. The minimum atomic E-state index is -0.315. The molecule has 0 aromatic heterocycles. The summed E-state index contributed by atoms with van der Waals surface area (Å²) in [6.45, 7) is 5.60. The lowest BCUT2D eigenvalue weighted by Crippen LogP contribution is -2.05. The number of hydrogen-bond acceptors (Lipinski definition) is 2. The van der Waals surface area contributed by atoms with Crippen LogP contribution in [0.5, 0.6) is 0 Å². The van der Waals surface area contributed by atoms with Crippen molar-refractivity contribution in [3.8, 4) is 0 Å². The molecule has 0 spiro atoms. The van der Waals surface area contributed by atoms with Crippen molar-refractivity contribution < 1.29 is 14.6 Å². The summed E-state index contributed by atoms with van der Waals surface area (Å²) in [6, 6.07) is 0. The van der Waals surface area contributed by atoms with Crippen molar-refractivity contribution in [3.05, 3.63) is 12.2 Å². The van der Waals surface area contributed by atoms with Crippen molar-refractivity contribution in [2.75, 3.05) is 13.2 Å². The summed E-state index contributed by atoms with van der Waals surface area (Å²) >= 11 is 0. The summed E-state index contributed by atoms with van der Waals surface area (Å²) in [7, 11) is 0. The van der Waals surface area contributed by atoms with Crippen LogP contribution in [0, 0.1) is 0 Å². The zero-order valence-corrected chi connectivity index (χ0v) is 8.88. The first kappa shape index (κ1) is 13.2. The standard InChI is InChI=1S/C11H19O3/c1-10(2)11(13)14-9-7-5-3-4-6-8-12/h1,3-9H2,2H3. The summed E-state index contributed by atoms with van der Waals surface area (Å²) in [6.07, 6.45) is 4.68. The largest absolute Gasteiger partial charge is 0.462 e. The van der Waals surface area contributed by atoms with Crippen molar-refractivity contribution in [3.63, 3.8) is 0 Å². The Bertz CT molecular complexity index is 175. The Kier molecular flexibility index (Phi) is 8.24. The Labute approximate surface area is 85.8 Å². The number of carbonyl (C=O) groups excluding carboxylic acids is 1. The Balaban J connectivity index is 3.13. The highest BCUT2D eigenvalue weighted by Gasteiger charge is 2.01. The molecule has 0 saturated heterocycles. The lowest BCUT2D eigenvalue weighted by atomic mass is 10.1. The molecule has 0 saturated carbocycles. The van der Waals surface area contributed by atoms with E-state index >= 15 is 0 Å². The lowest BCUT2D eigenvalue weighted by Gasteiger charge is -2.03. The first-order valence-corrected chi connectivity index (χ1v) is 5.09. The molecule has 0 unspecified atom stereocenters. The van der Waals surface area contributed by atoms with Gasteiger partial charge in [-0.15, -0.1) is 0 Å². The average molecular weight is 199 g/mol. The Morgan fingerprint density at radius 1 is 1.14 bits per heavy atom. The van der Waals surface area contributed by atoms with E-state index in [1.165, 1.54) is 0 Å².